The van der Waals surface area contributed by atoms with Crippen LogP contribution in [0.2, 0.25) is 0 Å². The Hall–Kier alpha value is -5.33. The third-order valence-electron chi connectivity index (χ3n) is 5.36. The Kier molecular flexibility index (Phi) is 9.84. The van der Waals surface area contributed by atoms with E-state index in [1.807, 2.05) is 0 Å². The molecule has 1 amide bonds. The van der Waals surface area contributed by atoms with Gasteiger partial charge in [0.15, 0.2) is 35.4 Å². The molecule has 0 aliphatic carbocycles. The van der Waals surface area contributed by atoms with Gasteiger partial charge in [-0.2, -0.15) is 5.10 Å². The zero-order valence-corrected chi connectivity index (χ0v) is 22.4. The van der Waals surface area contributed by atoms with E-state index in [4.69, 9.17) is 28.4 Å². The molecule has 0 aliphatic heterocycles. The molecule has 0 aromatic heterocycles. The van der Waals surface area contributed by atoms with Crippen molar-refractivity contribution in [2.45, 2.75) is 6.92 Å². The van der Waals surface area contributed by atoms with E-state index in [9.17, 15) is 19.7 Å². The normalized spacial score (nSPS) is 10.5. The molecule has 40 heavy (non-hydrogen) atoms. The van der Waals surface area contributed by atoms with Crippen LogP contribution in [-0.2, 0) is 4.79 Å². The van der Waals surface area contributed by atoms with E-state index < -0.39 is 23.4 Å². The van der Waals surface area contributed by atoms with Gasteiger partial charge in [-0.3, -0.25) is 14.9 Å². The maximum absolute atomic E-state index is 12.8. The molecule has 0 atom stereocenters. The molecule has 0 fully saturated rings. The van der Waals surface area contributed by atoms with Gasteiger partial charge in [-0.1, -0.05) is 6.07 Å². The number of aryl methyl sites for hydroxylation is 1. The summed E-state index contributed by atoms with van der Waals surface area (Å²) in [5.74, 6) is -0.0848. The van der Waals surface area contributed by atoms with E-state index in [2.05, 4.69) is 10.5 Å². The molecule has 3 aromatic carbocycles. The van der Waals surface area contributed by atoms with Crippen LogP contribution in [0.3, 0.4) is 0 Å². The van der Waals surface area contributed by atoms with Crippen LogP contribution in [0.5, 0.6) is 34.5 Å². The number of nitro groups is 1. The molecule has 3 aromatic rings. The van der Waals surface area contributed by atoms with Crippen LogP contribution in [0.1, 0.15) is 21.5 Å². The highest BCUT2D eigenvalue weighted by molar-refractivity contribution is 5.93. The number of amides is 1. The Balaban J connectivity index is 1.65. The third kappa shape index (κ3) is 7.16. The predicted molar refractivity (Wildman–Crippen MR) is 143 cm³/mol. The standard InChI is InChI=1S/C27H27N3O10/c1-16-6-8-20(19(10-16)30(33)34)39-15-25(31)29-28-14-17-7-9-21(22(11-17)35-2)40-27(32)18-12-23(36-3)26(38-5)24(13-18)37-4/h6-14H,15H2,1-5H3,(H,29,31)/b28-14-. The molecule has 1 N–H and O–H groups in total. The molecule has 0 spiro atoms. The second-order valence-electron chi connectivity index (χ2n) is 8.02. The monoisotopic (exact) mass is 553 g/mol. The van der Waals surface area contributed by atoms with Crippen LogP contribution in [0.25, 0.3) is 0 Å². The Labute approximate surface area is 229 Å². The van der Waals surface area contributed by atoms with Crippen molar-refractivity contribution in [1.82, 2.24) is 5.43 Å². The number of nitro benzene ring substituents is 1. The lowest BCUT2D eigenvalue weighted by molar-refractivity contribution is -0.385. The highest BCUT2D eigenvalue weighted by atomic mass is 16.6. The Morgan fingerprint density at radius 2 is 1.52 bits per heavy atom. The topological polar surface area (TPSA) is 157 Å². The zero-order chi connectivity index (χ0) is 29.2. The molecule has 0 heterocycles. The van der Waals surface area contributed by atoms with E-state index >= 15 is 0 Å². The minimum atomic E-state index is -0.694. The number of hydrazone groups is 1. The Bertz CT molecular complexity index is 1410. The number of nitrogens with one attached hydrogen (secondary N) is 1. The largest absolute Gasteiger partial charge is 0.493 e. The number of esters is 1. The lowest BCUT2D eigenvalue weighted by atomic mass is 10.1. The molecular formula is C27H27N3O10. The summed E-state index contributed by atoms with van der Waals surface area (Å²) in [6, 6.07) is 12.0. The highest BCUT2D eigenvalue weighted by Gasteiger charge is 2.20. The fourth-order valence-corrected chi connectivity index (χ4v) is 3.45. The molecule has 0 saturated heterocycles. The minimum Gasteiger partial charge on any atom is -0.493 e. The number of hydrogen-bond donors (Lipinski definition) is 1. The smallest absolute Gasteiger partial charge is 0.343 e. The Morgan fingerprint density at radius 1 is 0.875 bits per heavy atom. The number of benzene rings is 3. The molecule has 13 heteroatoms. The lowest BCUT2D eigenvalue weighted by Crippen LogP contribution is -2.24. The SMILES string of the molecule is COc1cc(/C=N\NC(=O)COc2ccc(C)cc2[N+](=O)[O-])ccc1OC(=O)c1cc(OC)c(OC)c(OC)c1. The van der Waals surface area contributed by atoms with Crippen molar-refractivity contribution < 1.29 is 42.9 Å². The number of ether oxygens (including phenoxy) is 6. The fraction of sp³-hybridized carbons (Fsp3) is 0.222. The van der Waals surface area contributed by atoms with Gasteiger partial charge in [0.1, 0.15) is 0 Å². The molecule has 0 unspecified atom stereocenters. The summed E-state index contributed by atoms with van der Waals surface area (Å²) in [4.78, 5) is 35.5. The van der Waals surface area contributed by atoms with Crippen molar-refractivity contribution in [3.05, 3.63) is 75.3 Å². The number of carbonyl (C=O) groups is 2. The second kappa shape index (κ2) is 13.5. The lowest BCUT2D eigenvalue weighted by Gasteiger charge is -2.14. The molecule has 13 nitrogen and oxygen atoms in total. The number of hydrogen-bond acceptors (Lipinski definition) is 11. The van der Waals surface area contributed by atoms with Gasteiger partial charge in [0.25, 0.3) is 5.91 Å². The van der Waals surface area contributed by atoms with Crippen LogP contribution >= 0.6 is 0 Å². The summed E-state index contributed by atoms with van der Waals surface area (Å²) in [5.41, 5.74) is 3.39. The predicted octanol–water partition coefficient (Wildman–Crippen LogP) is 3.69. The summed E-state index contributed by atoms with van der Waals surface area (Å²) in [7, 11) is 5.71. The van der Waals surface area contributed by atoms with Gasteiger partial charge in [-0.15, -0.1) is 0 Å². The first-order valence-electron chi connectivity index (χ1n) is 11.6. The molecule has 3 rings (SSSR count). The van der Waals surface area contributed by atoms with E-state index in [-0.39, 0.29) is 40.0 Å². The van der Waals surface area contributed by atoms with Gasteiger partial charge in [0.2, 0.25) is 5.75 Å². The first-order valence-corrected chi connectivity index (χ1v) is 11.6. The van der Waals surface area contributed by atoms with E-state index in [0.717, 1.165) is 0 Å². The van der Waals surface area contributed by atoms with Crippen molar-refractivity contribution in [2.24, 2.45) is 5.10 Å². The second-order valence-corrected chi connectivity index (χ2v) is 8.02. The van der Waals surface area contributed by atoms with Crippen LogP contribution in [0.4, 0.5) is 5.69 Å². The van der Waals surface area contributed by atoms with Crippen molar-refractivity contribution in [1.29, 1.82) is 0 Å². The average Bonchev–Trinajstić information content (AvgIpc) is 2.96. The molecule has 210 valence electrons. The summed E-state index contributed by atoms with van der Waals surface area (Å²) < 4.78 is 31.9. The van der Waals surface area contributed by atoms with Gasteiger partial charge in [0.05, 0.1) is 45.1 Å². The summed E-state index contributed by atoms with van der Waals surface area (Å²) in [6.07, 6.45) is 1.33. The number of rotatable bonds is 12. The average molecular weight is 554 g/mol. The molecule has 0 bridgehead atoms. The molecule has 0 radical (unpaired) electrons. The van der Waals surface area contributed by atoms with Crippen molar-refractivity contribution in [3.63, 3.8) is 0 Å². The summed E-state index contributed by atoms with van der Waals surface area (Å²) in [5, 5.41) is 15.0. The fourth-order valence-electron chi connectivity index (χ4n) is 3.45. The van der Waals surface area contributed by atoms with Crippen LogP contribution in [0, 0.1) is 17.0 Å². The first-order chi connectivity index (χ1) is 19.2. The molecule has 0 saturated carbocycles. The number of carbonyl (C=O) groups excluding carboxylic acids is 2. The molecular weight excluding hydrogens is 526 g/mol. The number of methoxy groups -OCH3 is 4. The highest BCUT2D eigenvalue weighted by Crippen LogP contribution is 2.39. The van der Waals surface area contributed by atoms with Gasteiger partial charge < -0.3 is 28.4 Å². The molecule has 0 aliphatic rings. The quantitative estimate of drug-likeness (QED) is 0.115. The van der Waals surface area contributed by atoms with Gasteiger partial charge in [-0.25, -0.2) is 10.2 Å². The maximum atomic E-state index is 12.8. The van der Waals surface area contributed by atoms with Gasteiger partial charge in [0, 0.05) is 6.07 Å². The van der Waals surface area contributed by atoms with Gasteiger partial charge >= 0.3 is 11.7 Å². The van der Waals surface area contributed by atoms with E-state index in [0.29, 0.717) is 16.9 Å². The summed E-state index contributed by atoms with van der Waals surface area (Å²) >= 11 is 0. The Morgan fingerprint density at radius 3 is 2.12 bits per heavy atom. The number of nitrogens with zero attached hydrogens (tertiary/aromatic N) is 2. The van der Waals surface area contributed by atoms with Gasteiger partial charge in [-0.05, 0) is 54.4 Å². The van der Waals surface area contributed by atoms with E-state index in [1.165, 1.54) is 65.0 Å². The van der Waals surface area contributed by atoms with Crippen molar-refractivity contribution in [2.75, 3.05) is 35.0 Å². The minimum absolute atomic E-state index is 0.0314. The van der Waals surface area contributed by atoms with Crippen LogP contribution in [0.15, 0.2) is 53.6 Å². The van der Waals surface area contributed by atoms with Crippen molar-refractivity contribution >= 4 is 23.8 Å². The van der Waals surface area contributed by atoms with Crippen LogP contribution < -0.4 is 33.8 Å². The summed E-state index contributed by atoms with van der Waals surface area (Å²) in [6.45, 7) is 1.22. The third-order valence-corrected chi connectivity index (χ3v) is 5.36. The van der Waals surface area contributed by atoms with Crippen molar-refractivity contribution in [3.8, 4) is 34.5 Å². The zero-order valence-electron chi connectivity index (χ0n) is 22.4. The van der Waals surface area contributed by atoms with Crippen LogP contribution in [-0.4, -0.2) is 58.1 Å². The maximum Gasteiger partial charge on any atom is 0.343 e. The first kappa shape index (κ1) is 29.2. The van der Waals surface area contributed by atoms with E-state index in [1.54, 1.807) is 25.1 Å².